The van der Waals surface area contributed by atoms with Crippen LogP contribution < -0.4 is 10.2 Å². The van der Waals surface area contributed by atoms with Crippen LogP contribution in [-0.2, 0) is 11.2 Å². The predicted octanol–water partition coefficient (Wildman–Crippen LogP) is 1.87. The van der Waals surface area contributed by atoms with Gasteiger partial charge in [0.2, 0.25) is 5.91 Å². The quantitative estimate of drug-likeness (QED) is 0.869. The summed E-state index contributed by atoms with van der Waals surface area (Å²) < 4.78 is 0. The average Bonchev–Trinajstić information content (AvgIpc) is 3.18. The third-order valence-electron chi connectivity index (χ3n) is 4.31. The molecular formula is C18H24N4OS. The van der Waals surface area contributed by atoms with E-state index in [1.807, 2.05) is 41.2 Å². The van der Waals surface area contributed by atoms with Crippen molar-refractivity contribution in [3.05, 3.63) is 46.8 Å². The van der Waals surface area contributed by atoms with E-state index >= 15 is 0 Å². The molecule has 1 amide bonds. The molecule has 0 spiro atoms. The van der Waals surface area contributed by atoms with E-state index in [-0.39, 0.29) is 11.9 Å². The van der Waals surface area contributed by atoms with E-state index in [0.717, 1.165) is 31.0 Å². The highest BCUT2D eigenvalue weighted by molar-refractivity contribution is 7.08. The highest BCUT2D eigenvalue weighted by atomic mass is 32.1. The van der Waals surface area contributed by atoms with Crippen molar-refractivity contribution >= 4 is 23.1 Å². The highest BCUT2D eigenvalue weighted by Crippen LogP contribution is 2.23. The van der Waals surface area contributed by atoms with Crippen LogP contribution in [0.2, 0.25) is 0 Å². The molecule has 1 saturated heterocycles. The highest BCUT2D eigenvalue weighted by Gasteiger charge is 2.34. The molecule has 5 nitrogen and oxygen atoms in total. The van der Waals surface area contributed by atoms with Crippen molar-refractivity contribution in [3.63, 3.8) is 0 Å². The van der Waals surface area contributed by atoms with Crippen molar-refractivity contribution in [2.24, 2.45) is 5.92 Å². The summed E-state index contributed by atoms with van der Waals surface area (Å²) in [5.74, 6) is 1.48. The van der Waals surface area contributed by atoms with Gasteiger partial charge < -0.3 is 15.1 Å². The molecule has 0 unspecified atom stereocenters. The molecule has 2 atom stereocenters. The van der Waals surface area contributed by atoms with Crippen molar-refractivity contribution in [1.29, 1.82) is 0 Å². The van der Waals surface area contributed by atoms with Crippen molar-refractivity contribution < 1.29 is 4.79 Å². The molecule has 1 N–H and O–H groups in total. The third kappa shape index (κ3) is 4.33. The lowest BCUT2D eigenvalue weighted by Gasteiger charge is -2.22. The number of aromatic nitrogens is 1. The molecule has 0 saturated carbocycles. The number of nitrogens with zero attached hydrogens (tertiary/aromatic N) is 3. The Labute approximate surface area is 147 Å². The lowest BCUT2D eigenvalue weighted by Crippen LogP contribution is -2.44. The second-order valence-electron chi connectivity index (χ2n) is 6.60. The zero-order chi connectivity index (χ0) is 16.9. The number of anilines is 1. The van der Waals surface area contributed by atoms with E-state index in [9.17, 15) is 4.79 Å². The number of hydrogen-bond acceptors (Lipinski definition) is 5. The van der Waals surface area contributed by atoms with E-state index < -0.39 is 0 Å². The molecule has 128 valence electrons. The van der Waals surface area contributed by atoms with Gasteiger partial charge in [-0.1, -0.05) is 6.07 Å². The fourth-order valence-corrected chi connectivity index (χ4v) is 3.92. The minimum atomic E-state index is 0.102. The fraction of sp³-hybridized carbons (Fsp3) is 0.444. The van der Waals surface area contributed by atoms with Crippen LogP contribution in [0.15, 0.2) is 41.2 Å². The molecular weight excluding hydrogens is 320 g/mol. The van der Waals surface area contributed by atoms with E-state index in [1.165, 1.54) is 0 Å². The Kier molecular flexibility index (Phi) is 5.48. The summed E-state index contributed by atoms with van der Waals surface area (Å²) in [6.45, 7) is 2.68. The summed E-state index contributed by atoms with van der Waals surface area (Å²) in [5.41, 5.74) is 1.08. The molecule has 24 heavy (non-hydrogen) atoms. The van der Waals surface area contributed by atoms with Crippen molar-refractivity contribution in [2.45, 2.75) is 12.5 Å². The summed E-state index contributed by atoms with van der Waals surface area (Å²) in [5, 5.41) is 7.29. The van der Waals surface area contributed by atoms with Crippen LogP contribution in [-0.4, -0.2) is 55.6 Å². The number of rotatable bonds is 6. The minimum absolute atomic E-state index is 0.102. The molecule has 0 radical (unpaired) electrons. The van der Waals surface area contributed by atoms with Crippen LogP contribution in [0.5, 0.6) is 0 Å². The van der Waals surface area contributed by atoms with Gasteiger partial charge in [-0.2, -0.15) is 11.3 Å². The zero-order valence-corrected chi connectivity index (χ0v) is 15.0. The Morgan fingerprint density at radius 2 is 2.25 bits per heavy atom. The molecule has 2 aromatic rings. The molecule has 1 aliphatic rings. The number of carbonyl (C=O) groups is 1. The van der Waals surface area contributed by atoms with Gasteiger partial charge in [-0.25, -0.2) is 4.98 Å². The number of amides is 1. The summed E-state index contributed by atoms with van der Waals surface area (Å²) in [6.07, 6.45) is 2.27. The smallest absolute Gasteiger partial charge is 0.224 e. The second kappa shape index (κ2) is 7.77. The number of carbonyl (C=O) groups excluding carboxylic acids is 1. The van der Waals surface area contributed by atoms with E-state index in [4.69, 9.17) is 0 Å². The first-order valence-corrected chi connectivity index (χ1v) is 9.17. The van der Waals surface area contributed by atoms with Crippen LogP contribution >= 0.6 is 11.3 Å². The maximum absolute atomic E-state index is 12.4. The first-order chi connectivity index (χ1) is 11.6. The summed E-state index contributed by atoms with van der Waals surface area (Å²) in [6, 6.07) is 8.13. The molecule has 3 heterocycles. The Morgan fingerprint density at radius 1 is 1.38 bits per heavy atom. The zero-order valence-electron chi connectivity index (χ0n) is 14.2. The van der Waals surface area contributed by atoms with Gasteiger partial charge >= 0.3 is 0 Å². The Balaban J connectivity index is 1.65. The molecule has 0 aliphatic carbocycles. The van der Waals surface area contributed by atoms with Crippen LogP contribution in [0.1, 0.15) is 5.56 Å². The van der Waals surface area contributed by atoms with Gasteiger partial charge in [-0.05, 0) is 48.6 Å². The summed E-state index contributed by atoms with van der Waals surface area (Å²) in [7, 11) is 4.15. The van der Waals surface area contributed by atoms with Gasteiger partial charge in [-0.15, -0.1) is 0 Å². The summed E-state index contributed by atoms with van der Waals surface area (Å²) in [4.78, 5) is 21.3. The molecule has 6 heteroatoms. The Morgan fingerprint density at radius 3 is 2.92 bits per heavy atom. The minimum Gasteiger partial charge on any atom is -0.354 e. The number of thiophene rings is 1. The monoisotopic (exact) mass is 344 g/mol. The van der Waals surface area contributed by atoms with Gasteiger partial charge in [0.1, 0.15) is 5.82 Å². The van der Waals surface area contributed by atoms with Crippen LogP contribution in [0.3, 0.4) is 0 Å². The lowest BCUT2D eigenvalue weighted by atomic mass is 10.0. The van der Waals surface area contributed by atoms with Gasteiger partial charge in [0.15, 0.2) is 0 Å². The van der Waals surface area contributed by atoms with Crippen molar-refractivity contribution in [3.8, 4) is 0 Å². The lowest BCUT2D eigenvalue weighted by molar-refractivity contribution is -0.121. The topological polar surface area (TPSA) is 48.5 Å². The summed E-state index contributed by atoms with van der Waals surface area (Å²) >= 11 is 1.63. The molecule has 1 aliphatic heterocycles. The van der Waals surface area contributed by atoms with Gasteiger partial charge in [0, 0.05) is 31.7 Å². The average molecular weight is 344 g/mol. The molecule has 2 aromatic heterocycles. The number of hydrogen-bond donors (Lipinski definition) is 1. The number of pyridine rings is 1. The maximum atomic E-state index is 12.4. The first kappa shape index (κ1) is 16.9. The third-order valence-corrected chi connectivity index (χ3v) is 5.04. The predicted molar refractivity (Wildman–Crippen MR) is 98.4 cm³/mol. The fourth-order valence-electron chi connectivity index (χ4n) is 3.25. The maximum Gasteiger partial charge on any atom is 0.224 e. The normalized spacial score (nSPS) is 20.5. The van der Waals surface area contributed by atoms with Crippen LogP contribution in [0, 0.1) is 5.92 Å². The molecule has 0 aromatic carbocycles. The molecule has 0 bridgehead atoms. The number of nitrogens with one attached hydrogen (secondary N) is 1. The Hall–Kier alpha value is -1.92. The van der Waals surface area contributed by atoms with E-state index in [1.54, 1.807) is 11.3 Å². The van der Waals surface area contributed by atoms with Gasteiger partial charge in [0.05, 0.1) is 12.5 Å². The Bertz CT molecular complexity index is 644. The van der Waals surface area contributed by atoms with Crippen LogP contribution in [0.4, 0.5) is 5.82 Å². The standard InChI is InChI=1S/C18H24N4OS/c1-21(2)10-15-11-22(17-5-3-4-7-19-17)12-16(15)20-18(23)9-14-6-8-24-13-14/h3-8,13,15-16H,9-12H2,1-2H3,(H,20,23)/t15-,16-/m1/s1. The van der Waals surface area contributed by atoms with Crippen LogP contribution in [0.25, 0.3) is 0 Å². The first-order valence-electron chi connectivity index (χ1n) is 8.23. The molecule has 1 fully saturated rings. The van der Waals surface area contributed by atoms with Gasteiger partial charge in [0.25, 0.3) is 0 Å². The molecule has 3 rings (SSSR count). The van der Waals surface area contributed by atoms with E-state index in [0.29, 0.717) is 12.3 Å². The second-order valence-corrected chi connectivity index (χ2v) is 7.38. The van der Waals surface area contributed by atoms with E-state index in [2.05, 4.69) is 34.2 Å². The largest absolute Gasteiger partial charge is 0.354 e. The van der Waals surface area contributed by atoms with Crippen molar-refractivity contribution in [1.82, 2.24) is 15.2 Å². The van der Waals surface area contributed by atoms with Gasteiger partial charge in [-0.3, -0.25) is 4.79 Å². The SMILES string of the molecule is CN(C)C[C@@H]1CN(c2ccccn2)C[C@H]1NC(=O)Cc1ccsc1. The van der Waals surface area contributed by atoms with Crippen molar-refractivity contribution in [2.75, 3.05) is 38.6 Å².